The Labute approximate surface area is 117 Å². The lowest BCUT2D eigenvalue weighted by atomic mass is 9.67. The van der Waals surface area contributed by atoms with Crippen molar-refractivity contribution in [2.24, 2.45) is 11.3 Å². The number of allylic oxidation sites excluding steroid dienone is 3. The molecule has 3 rings (SSSR count). The van der Waals surface area contributed by atoms with E-state index in [-0.39, 0.29) is 17.7 Å². The molecule has 2 atom stereocenters. The van der Waals surface area contributed by atoms with Gasteiger partial charge in [-0.25, -0.2) is 0 Å². The fourth-order valence-electron chi connectivity index (χ4n) is 3.22. The van der Waals surface area contributed by atoms with Gasteiger partial charge in [-0.2, -0.15) is 0 Å². The van der Waals surface area contributed by atoms with E-state index in [0.29, 0.717) is 12.8 Å². The lowest BCUT2D eigenvalue weighted by molar-refractivity contribution is -0.154. The second-order valence-electron chi connectivity index (χ2n) is 5.33. The van der Waals surface area contributed by atoms with Crippen molar-refractivity contribution < 1.29 is 14.3 Å². The molecule has 0 fully saturated rings. The van der Waals surface area contributed by atoms with Gasteiger partial charge >= 0.3 is 5.97 Å². The molecule has 0 amide bonds. The van der Waals surface area contributed by atoms with E-state index in [0.717, 1.165) is 11.1 Å². The highest BCUT2D eigenvalue weighted by atomic mass is 16.5. The SMILES string of the molecule is COC(=O)[C@]12C=CC(=O)[C@H]1CC=C(c1ccccc1)C2. The zero-order valence-corrected chi connectivity index (χ0v) is 11.3. The third kappa shape index (κ3) is 1.82. The summed E-state index contributed by atoms with van der Waals surface area (Å²) in [5.74, 6) is -0.590. The number of hydrogen-bond acceptors (Lipinski definition) is 3. The first-order chi connectivity index (χ1) is 9.67. The summed E-state index contributed by atoms with van der Waals surface area (Å²) >= 11 is 0. The van der Waals surface area contributed by atoms with Gasteiger partial charge in [0.25, 0.3) is 0 Å². The Balaban J connectivity index is 2.01. The molecular formula is C17H16O3. The van der Waals surface area contributed by atoms with Crippen molar-refractivity contribution in [3.63, 3.8) is 0 Å². The minimum absolute atomic E-state index is 0.0266. The topological polar surface area (TPSA) is 43.4 Å². The van der Waals surface area contributed by atoms with Gasteiger partial charge in [0.05, 0.1) is 7.11 Å². The molecule has 0 saturated carbocycles. The molecule has 3 heteroatoms. The van der Waals surface area contributed by atoms with Crippen LogP contribution in [-0.2, 0) is 14.3 Å². The molecule has 1 aromatic carbocycles. The minimum Gasteiger partial charge on any atom is -0.468 e. The Kier molecular flexibility index (Phi) is 3.05. The van der Waals surface area contributed by atoms with Gasteiger partial charge in [-0.3, -0.25) is 9.59 Å². The van der Waals surface area contributed by atoms with Crippen molar-refractivity contribution >= 4 is 17.3 Å². The number of ketones is 1. The molecule has 2 aliphatic carbocycles. The van der Waals surface area contributed by atoms with Crippen LogP contribution in [0.1, 0.15) is 18.4 Å². The van der Waals surface area contributed by atoms with Crippen molar-refractivity contribution in [3.8, 4) is 0 Å². The number of rotatable bonds is 2. The van der Waals surface area contributed by atoms with Crippen LogP contribution in [0.4, 0.5) is 0 Å². The molecule has 0 saturated heterocycles. The number of esters is 1. The number of ether oxygens (including phenoxy) is 1. The van der Waals surface area contributed by atoms with E-state index in [1.165, 1.54) is 13.2 Å². The van der Waals surface area contributed by atoms with E-state index >= 15 is 0 Å². The van der Waals surface area contributed by atoms with E-state index in [1.54, 1.807) is 6.08 Å². The number of methoxy groups -OCH3 is 1. The fraction of sp³-hybridized carbons (Fsp3) is 0.294. The molecule has 102 valence electrons. The number of carbonyl (C=O) groups is 2. The molecule has 0 aromatic heterocycles. The summed E-state index contributed by atoms with van der Waals surface area (Å²) in [6.45, 7) is 0. The molecule has 0 aliphatic heterocycles. The average Bonchev–Trinajstić information content (AvgIpc) is 2.85. The molecule has 20 heavy (non-hydrogen) atoms. The van der Waals surface area contributed by atoms with Gasteiger partial charge in [0.15, 0.2) is 5.78 Å². The van der Waals surface area contributed by atoms with Gasteiger partial charge in [-0.15, -0.1) is 0 Å². The first-order valence-electron chi connectivity index (χ1n) is 6.73. The fourth-order valence-corrected chi connectivity index (χ4v) is 3.22. The lowest BCUT2D eigenvalue weighted by Crippen LogP contribution is -2.40. The Morgan fingerprint density at radius 2 is 2.05 bits per heavy atom. The quantitative estimate of drug-likeness (QED) is 0.775. The van der Waals surface area contributed by atoms with E-state index in [9.17, 15) is 9.59 Å². The Hall–Kier alpha value is -2.16. The highest BCUT2D eigenvalue weighted by molar-refractivity contribution is 6.03. The summed E-state index contributed by atoms with van der Waals surface area (Å²) in [6, 6.07) is 9.96. The molecule has 3 nitrogen and oxygen atoms in total. The van der Waals surface area contributed by atoms with Gasteiger partial charge in [0.1, 0.15) is 5.41 Å². The van der Waals surface area contributed by atoms with E-state index in [1.807, 2.05) is 30.3 Å². The van der Waals surface area contributed by atoms with Crippen LogP contribution in [-0.4, -0.2) is 18.9 Å². The zero-order valence-electron chi connectivity index (χ0n) is 11.3. The van der Waals surface area contributed by atoms with E-state index in [4.69, 9.17) is 4.74 Å². The number of fused-ring (bicyclic) bond motifs is 1. The summed E-state index contributed by atoms with van der Waals surface area (Å²) < 4.78 is 4.96. The lowest BCUT2D eigenvalue weighted by Gasteiger charge is -2.35. The van der Waals surface area contributed by atoms with Crippen LogP contribution in [0.2, 0.25) is 0 Å². The van der Waals surface area contributed by atoms with Crippen LogP contribution in [0.3, 0.4) is 0 Å². The third-order valence-electron chi connectivity index (χ3n) is 4.30. The monoisotopic (exact) mass is 268 g/mol. The summed E-state index contributed by atoms with van der Waals surface area (Å²) in [4.78, 5) is 24.2. The number of hydrogen-bond donors (Lipinski definition) is 0. The van der Waals surface area contributed by atoms with E-state index in [2.05, 4.69) is 6.08 Å². The van der Waals surface area contributed by atoms with Gasteiger partial charge in [-0.1, -0.05) is 42.5 Å². The van der Waals surface area contributed by atoms with Crippen LogP contribution in [0.5, 0.6) is 0 Å². The maximum absolute atomic E-state index is 12.2. The predicted molar refractivity (Wildman–Crippen MR) is 75.7 cm³/mol. The van der Waals surface area contributed by atoms with Crippen molar-refractivity contribution in [2.75, 3.05) is 7.11 Å². The maximum Gasteiger partial charge on any atom is 0.316 e. The molecule has 0 unspecified atom stereocenters. The van der Waals surface area contributed by atoms with Gasteiger partial charge in [0, 0.05) is 5.92 Å². The standard InChI is InChI=1S/C17H16O3/c1-20-16(19)17-10-9-15(18)14(17)8-7-13(11-17)12-5-3-2-4-6-12/h2-7,9-10,14H,8,11H2,1H3/t14-,17+/m1/s1. The highest BCUT2D eigenvalue weighted by Gasteiger charge is 2.52. The second kappa shape index (κ2) is 4.75. The molecule has 0 bridgehead atoms. The first-order valence-corrected chi connectivity index (χ1v) is 6.73. The van der Waals surface area contributed by atoms with Crippen molar-refractivity contribution in [1.29, 1.82) is 0 Å². The van der Waals surface area contributed by atoms with Crippen molar-refractivity contribution in [2.45, 2.75) is 12.8 Å². The minimum atomic E-state index is -0.814. The Morgan fingerprint density at radius 3 is 2.75 bits per heavy atom. The normalized spacial score (nSPS) is 27.9. The van der Waals surface area contributed by atoms with Crippen LogP contribution >= 0.6 is 0 Å². The molecule has 0 heterocycles. The van der Waals surface area contributed by atoms with Crippen LogP contribution in [0, 0.1) is 11.3 Å². The summed E-state index contributed by atoms with van der Waals surface area (Å²) in [6.07, 6.45) is 6.46. The maximum atomic E-state index is 12.2. The Bertz CT molecular complexity index is 612. The van der Waals surface area contributed by atoms with Gasteiger partial charge in [0.2, 0.25) is 0 Å². The smallest absolute Gasteiger partial charge is 0.316 e. The van der Waals surface area contributed by atoms with Crippen molar-refractivity contribution in [3.05, 3.63) is 54.1 Å². The predicted octanol–water partition coefficient (Wildman–Crippen LogP) is 2.78. The van der Waals surface area contributed by atoms with Gasteiger partial charge < -0.3 is 4.74 Å². The largest absolute Gasteiger partial charge is 0.468 e. The van der Waals surface area contributed by atoms with Crippen LogP contribution < -0.4 is 0 Å². The summed E-state index contributed by atoms with van der Waals surface area (Å²) in [7, 11) is 1.38. The number of carbonyl (C=O) groups excluding carboxylic acids is 2. The van der Waals surface area contributed by atoms with Gasteiger partial charge in [-0.05, 0) is 30.1 Å². The van der Waals surface area contributed by atoms with Crippen LogP contribution in [0.25, 0.3) is 5.57 Å². The Morgan fingerprint density at radius 1 is 1.30 bits per heavy atom. The van der Waals surface area contributed by atoms with Crippen LogP contribution in [0.15, 0.2) is 48.6 Å². The zero-order chi connectivity index (χ0) is 14.2. The molecule has 2 aliphatic rings. The molecule has 0 spiro atoms. The number of benzene rings is 1. The highest BCUT2D eigenvalue weighted by Crippen LogP contribution is 2.49. The van der Waals surface area contributed by atoms with E-state index < -0.39 is 5.41 Å². The first kappa shape index (κ1) is 12.9. The summed E-state index contributed by atoms with van der Waals surface area (Å²) in [5.41, 5.74) is 1.39. The van der Waals surface area contributed by atoms with Crippen molar-refractivity contribution in [1.82, 2.24) is 0 Å². The molecule has 1 aromatic rings. The third-order valence-corrected chi connectivity index (χ3v) is 4.30. The molecular weight excluding hydrogens is 252 g/mol. The molecule has 0 N–H and O–H groups in total. The second-order valence-corrected chi connectivity index (χ2v) is 5.33. The molecule has 0 radical (unpaired) electrons. The summed E-state index contributed by atoms with van der Waals surface area (Å²) in [5, 5.41) is 0. The average molecular weight is 268 g/mol.